The molecule has 2 aliphatic rings. The van der Waals surface area contributed by atoms with Gasteiger partial charge in [-0.15, -0.1) is 0 Å². The molecule has 2 heterocycles. The average molecular weight is 446 g/mol. The lowest BCUT2D eigenvalue weighted by Gasteiger charge is -2.32. The van der Waals surface area contributed by atoms with E-state index in [9.17, 15) is 4.57 Å². The van der Waals surface area contributed by atoms with Gasteiger partial charge in [-0.3, -0.25) is 4.57 Å². The number of hydrogen-bond donors (Lipinski definition) is 0. The van der Waals surface area contributed by atoms with Crippen molar-refractivity contribution < 1.29 is 13.6 Å². The van der Waals surface area contributed by atoms with E-state index in [1.807, 2.05) is 78.9 Å². The fourth-order valence-corrected chi connectivity index (χ4v) is 13.3. The number of para-hydroxylation sites is 2. The molecule has 0 aromatic heterocycles. The standard InChI is InChI=1S/C24H16O3P2S/c25-29(24-16-8-4-12-20(24)18-10-2-6-14-22(18)27-29)30-28-23-15-7-3-11-19(23)17-9-1-5-13-21(17)26-28/h1-16H. The summed E-state index contributed by atoms with van der Waals surface area (Å²) in [6.07, 6.45) is 0. The number of fused-ring (bicyclic) bond motifs is 6. The first-order valence-electron chi connectivity index (χ1n) is 9.58. The first-order valence-corrected chi connectivity index (χ1v) is 14.5. The van der Waals surface area contributed by atoms with E-state index < -0.39 is 13.9 Å². The Labute approximate surface area is 179 Å². The van der Waals surface area contributed by atoms with Crippen LogP contribution in [0.1, 0.15) is 0 Å². The van der Waals surface area contributed by atoms with Gasteiger partial charge in [0.2, 0.25) is 0 Å². The summed E-state index contributed by atoms with van der Waals surface area (Å²) in [5, 5.41) is 1.82. The summed E-state index contributed by atoms with van der Waals surface area (Å²) in [6.45, 7) is -3.25. The minimum atomic E-state index is -3.25. The largest absolute Gasteiger partial charge is 0.457 e. The lowest BCUT2D eigenvalue weighted by atomic mass is 10.0. The van der Waals surface area contributed by atoms with Gasteiger partial charge in [0.1, 0.15) is 11.5 Å². The van der Waals surface area contributed by atoms with E-state index >= 15 is 0 Å². The molecule has 0 saturated heterocycles. The van der Waals surface area contributed by atoms with Crippen LogP contribution >= 0.6 is 24.9 Å². The van der Waals surface area contributed by atoms with Crippen LogP contribution < -0.4 is 19.7 Å². The molecule has 0 aliphatic carbocycles. The third-order valence-corrected chi connectivity index (χ3v) is 14.1. The lowest BCUT2D eigenvalue weighted by molar-refractivity contribution is 0.508. The summed E-state index contributed by atoms with van der Waals surface area (Å²) in [5.74, 6) is 1.49. The van der Waals surface area contributed by atoms with Gasteiger partial charge in [0.15, 0.2) is 7.35 Å². The average Bonchev–Trinajstić information content (AvgIpc) is 2.79. The highest BCUT2D eigenvalue weighted by molar-refractivity contribution is 8.87. The fourth-order valence-electron chi connectivity index (χ4n) is 3.87. The summed E-state index contributed by atoms with van der Waals surface area (Å²) in [5.41, 5.74) is 4.15. The van der Waals surface area contributed by atoms with Gasteiger partial charge in [0.25, 0.3) is 0 Å². The van der Waals surface area contributed by atoms with Crippen LogP contribution in [0.15, 0.2) is 97.1 Å². The van der Waals surface area contributed by atoms with Crippen molar-refractivity contribution in [3.8, 4) is 33.8 Å². The second-order valence-corrected chi connectivity index (χ2v) is 14.4. The van der Waals surface area contributed by atoms with Crippen LogP contribution in [0.2, 0.25) is 0 Å². The minimum absolute atomic E-state index is 0.660. The van der Waals surface area contributed by atoms with Gasteiger partial charge in [-0.1, -0.05) is 72.8 Å². The van der Waals surface area contributed by atoms with Gasteiger partial charge in [-0.05, 0) is 29.8 Å². The summed E-state index contributed by atoms with van der Waals surface area (Å²) in [4.78, 5) is 0. The van der Waals surface area contributed by atoms with Gasteiger partial charge in [0.05, 0.1) is 5.30 Å². The Kier molecular flexibility index (Phi) is 4.28. The van der Waals surface area contributed by atoms with Crippen LogP contribution in [0.25, 0.3) is 22.3 Å². The summed E-state index contributed by atoms with van der Waals surface area (Å²) >= 11 is 1.33. The highest BCUT2D eigenvalue weighted by atomic mass is 33.1. The Morgan fingerprint density at radius 2 is 1.20 bits per heavy atom. The van der Waals surface area contributed by atoms with Crippen molar-refractivity contribution >= 4 is 35.5 Å². The van der Waals surface area contributed by atoms with E-state index in [0.29, 0.717) is 5.75 Å². The molecule has 4 aromatic rings. The molecule has 0 fully saturated rings. The molecule has 3 nitrogen and oxygen atoms in total. The van der Waals surface area contributed by atoms with E-state index in [0.717, 1.165) is 38.6 Å². The maximum Gasteiger partial charge on any atom is 0.341 e. The molecule has 0 amide bonds. The third kappa shape index (κ3) is 2.83. The van der Waals surface area contributed by atoms with Crippen molar-refractivity contribution in [2.75, 3.05) is 0 Å². The van der Waals surface area contributed by atoms with Crippen LogP contribution in [-0.4, -0.2) is 0 Å². The van der Waals surface area contributed by atoms with E-state index in [-0.39, 0.29) is 0 Å². The zero-order valence-electron chi connectivity index (χ0n) is 15.8. The second kappa shape index (κ2) is 7.03. The van der Waals surface area contributed by atoms with Crippen molar-refractivity contribution in [1.82, 2.24) is 0 Å². The molecule has 2 atom stereocenters. The molecule has 0 bridgehead atoms. The predicted octanol–water partition coefficient (Wildman–Crippen LogP) is 6.99. The molecule has 6 heteroatoms. The zero-order valence-corrected chi connectivity index (χ0v) is 18.4. The van der Waals surface area contributed by atoms with Gasteiger partial charge >= 0.3 is 6.57 Å². The van der Waals surface area contributed by atoms with Crippen molar-refractivity contribution in [2.45, 2.75) is 0 Å². The molecule has 6 rings (SSSR count). The SMILES string of the molecule is O=P1(SP2Oc3ccccc3-c3ccccc32)Oc2ccccc2-c2ccccc21. The predicted molar refractivity (Wildman–Crippen MR) is 126 cm³/mol. The van der Waals surface area contributed by atoms with Crippen LogP contribution in [0.5, 0.6) is 11.5 Å². The van der Waals surface area contributed by atoms with Crippen LogP contribution in [0.4, 0.5) is 0 Å². The van der Waals surface area contributed by atoms with Gasteiger partial charge in [-0.25, -0.2) is 0 Å². The maximum absolute atomic E-state index is 14.3. The minimum Gasteiger partial charge on any atom is -0.457 e. The molecule has 2 unspecified atom stereocenters. The molecule has 0 N–H and O–H groups in total. The van der Waals surface area contributed by atoms with Gasteiger partial charge in [-0.2, -0.15) is 0 Å². The summed E-state index contributed by atoms with van der Waals surface area (Å²) < 4.78 is 26.9. The maximum atomic E-state index is 14.3. The molecule has 0 saturated carbocycles. The van der Waals surface area contributed by atoms with Crippen molar-refractivity contribution in [1.29, 1.82) is 0 Å². The Hall–Kier alpha value is -2.51. The summed E-state index contributed by atoms with van der Waals surface area (Å²) in [6, 6.07) is 31.8. The van der Waals surface area contributed by atoms with Gasteiger partial charge in [0, 0.05) is 33.0 Å². The highest BCUT2D eigenvalue weighted by Crippen LogP contribution is 2.75. The quantitative estimate of drug-likeness (QED) is 0.311. The van der Waals surface area contributed by atoms with Crippen LogP contribution in [0.3, 0.4) is 0 Å². The monoisotopic (exact) mass is 446 g/mol. The normalized spacial score (nSPS) is 20.6. The Morgan fingerprint density at radius 1 is 0.633 bits per heavy atom. The van der Waals surface area contributed by atoms with Gasteiger partial charge < -0.3 is 9.05 Å². The molecular formula is C24H16O3P2S. The Bertz CT molecular complexity index is 1340. The number of benzene rings is 4. The Balaban J connectivity index is 1.47. The Morgan fingerprint density at radius 3 is 2.00 bits per heavy atom. The van der Waals surface area contributed by atoms with Crippen molar-refractivity contribution in [3.05, 3.63) is 97.1 Å². The van der Waals surface area contributed by atoms with Crippen molar-refractivity contribution in [2.24, 2.45) is 0 Å². The third-order valence-electron chi connectivity index (χ3n) is 5.24. The molecular weight excluding hydrogens is 430 g/mol. The second-order valence-electron chi connectivity index (χ2n) is 7.05. The van der Waals surface area contributed by atoms with Crippen molar-refractivity contribution in [3.63, 3.8) is 0 Å². The van der Waals surface area contributed by atoms with Crippen LogP contribution in [-0.2, 0) is 4.57 Å². The molecule has 146 valence electrons. The molecule has 0 spiro atoms. The molecule has 30 heavy (non-hydrogen) atoms. The number of hydrogen-bond acceptors (Lipinski definition) is 4. The van der Waals surface area contributed by atoms with E-state index in [1.165, 1.54) is 11.0 Å². The fraction of sp³-hybridized carbons (Fsp3) is 0. The number of rotatable bonds is 2. The lowest BCUT2D eigenvalue weighted by Crippen LogP contribution is -2.17. The molecule has 2 aliphatic heterocycles. The first-order chi connectivity index (χ1) is 14.7. The first kappa shape index (κ1) is 18.3. The van der Waals surface area contributed by atoms with Crippen LogP contribution in [0, 0.1) is 0 Å². The topological polar surface area (TPSA) is 35.5 Å². The molecule has 4 aromatic carbocycles. The zero-order chi connectivity index (χ0) is 20.1. The summed E-state index contributed by atoms with van der Waals surface area (Å²) in [7, 11) is -1.23. The van der Waals surface area contributed by atoms with E-state index in [1.54, 1.807) is 0 Å². The van der Waals surface area contributed by atoms with E-state index in [4.69, 9.17) is 9.05 Å². The van der Waals surface area contributed by atoms with E-state index in [2.05, 4.69) is 18.2 Å². The highest BCUT2D eigenvalue weighted by Gasteiger charge is 2.42. The smallest absolute Gasteiger partial charge is 0.341 e. The molecule has 0 radical (unpaired) electrons.